The van der Waals surface area contributed by atoms with E-state index < -0.39 is 0 Å². The summed E-state index contributed by atoms with van der Waals surface area (Å²) in [6.07, 6.45) is 3.37. The number of halogens is 1. The Bertz CT molecular complexity index is 572. The maximum Gasteiger partial charge on any atom is 0.142 e. The molecule has 2 aromatic rings. The standard InChI is InChI=1S/C15H17FN2O/c1-10-4-5-11(16)8-13(10)15(17-2)12-6-7-18-9-14(12)19-3/h4-9,15,17H,1-3H3. The molecule has 0 amide bonds. The van der Waals surface area contributed by atoms with Crippen molar-refractivity contribution in [3.63, 3.8) is 0 Å². The number of pyridine rings is 1. The lowest BCUT2D eigenvalue weighted by Crippen LogP contribution is -2.19. The van der Waals surface area contributed by atoms with E-state index in [1.165, 1.54) is 6.07 Å². The van der Waals surface area contributed by atoms with Crippen molar-refractivity contribution in [3.05, 3.63) is 59.2 Å². The summed E-state index contributed by atoms with van der Waals surface area (Å²) < 4.78 is 18.8. The number of nitrogens with zero attached hydrogens (tertiary/aromatic N) is 1. The van der Waals surface area contributed by atoms with Crippen LogP contribution in [0.25, 0.3) is 0 Å². The molecule has 0 fully saturated rings. The minimum atomic E-state index is -0.242. The van der Waals surface area contributed by atoms with Crippen LogP contribution in [0.2, 0.25) is 0 Å². The number of nitrogens with one attached hydrogen (secondary N) is 1. The average Bonchev–Trinajstić information content (AvgIpc) is 2.44. The Labute approximate surface area is 112 Å². The Morgan fingerprint density at radius 2 is 2.05 bits per heavy atom. The first kappa shape index (κ1) is 13.5. The molecule has 3 nitrogen and oxygen atoms in total. The number of aromatic nitrogens is 1. The number of methoxy groups -OCH3 is 1. The van der Waals surface area contributed by atoms with Gasteiger partial charge in [0.05, 0.1) is 19.3 Å². The summed E-state index contributed by atoms with van der Waals surface area (Å²) in [5.74, 6) is 0.444. The summed E-state index contributed by atoms with van der Waals surface area (Å²) in [5.41, 5.74) is 2.86. The van der Waals surface area contributed by atoms with Gasteiger partial charge in [-0.3, -0.25) is 4.98 Å². The van der Waals surface area contributed by atoms with Crippen LogP contribution in [0.1, 0.15) is 22.7 Å². The van der Waals surface area contributed by atoms with Crippen LogP contribution in [0.15, 0.2) is 36.7 Å². The second-order valence-corrected chi connectivity index (χ2v) is 4.34. The molecule has 1 heterocycles. The van der Waals surface area contributed by atoms with Crippen LogP contribution < -0.4 is 10.1 Å². The van der Waals surface area contributed by atoms with Crippen molar-refractivity contribution in [2.75, 3.05) is 14.2 Å². The summed E-state index contributed by atoms with van der Waals surface area (Å²) in [6, 6.07) is 6.55. The van der Waals surface area contributed by atoms with Crippen molar-refractivity contribution in [1.82, 2.24) is 10.3 Å². The summed E-state index contributed by atoms with van der Waals surface area (Å²) in [4.78, 5) is 4.04. The molecular weight excluding hydrogens is 243 g/mol. The lowest BCUT2D eigenvalue weighted by molar-refractivity contribution is 0.403. The highest BCUT2D eigenvalue weighted by Gasteiger charge is 2.18. The van der Waals surface area contributed by atoms with Crippen LogP contribution in [-0.2, 0) is 0 Å². The van der Waals surface area contributed by atoms with Gasteiger partial charge in [-0.05, 0) is 43.3 Å². The fraction of sp³-hybridized carbons (Fsp3) is 0.267. The molecular formula is C15H17FN2O. The van der Waals surface area contributed by atoms with Gasteiger partial charge >= 0.3 is 0 Å². The normalized spacial score (nSPS) is 12.2. The molecule has 0 aliphatic carbocycles. The fourth-order valence-corrected chi connectivity index (χ4v) is 2.20. The van der Waals surface area contributed by atoms with E-state index in [-0.39, 0.29) is 11.9 Å². The molecule has 2 rings (SSSR count). The van der Waals surface area contributed by atoms with E-state index >= 15 is 0 Å². The maximum absolute atomic E-state index is 13.5. The van der Waals surface area contributed by atoms with Crippen molar-refractivity contribution in [3.8, 4) is 5.75 Å². The van der Waals surface area contributed by atoms with Gasteiger partial charge in [0.25, 0.3) is 0 Å². The third-order valence-corrected chi connectivity index (χ3v) is 3.19. The molecule has 4 heteroatoms. The van der Waals surface area contributed by atoms with E-state index in [2.05, 4.69) is 10.3 Å². The molecule has 0 radical (unpaired) electrons. The Balaban J connectivity index is 2.53. The number of aryl methyl sites for hydroxylation is 1. The third-order valence-electron chi connectivity index (χ3n) is 3.19. The molecule has 0 aliphatic heterocycles. The molecule has 0 saturated carbocycles. The van der Waals surface area contributed by atoms with Crippen molar-refractivity contribution >= 4 is 0 Å². The van der Waals surface area contributed by atoms with Crippen molar-refractivity contribution < 1.29 is 9.13 Å². The van der Waals surface area contributed by atoms with E-state index in [4.69, 9.17) is 4.74 Å². The van der Waals surface area contributed by atoms with Gasteiger partial charge < -0.3 is 10.1 Å². The van der Waals surface area contributed by atoms with Gasteiger partial charge in [-0.15, -0.1) is 0 Å². The number of rotatable bonds is 4. The highest BCUT2D eigenvalue weighted by Crippen LogP contribution is 2.30. The fourth-order valence-electron chi connectivity index (χ4n) is 2.20. The first-order chi connectivity index (χ1) is 9.17. The largest absolute Gasteiger partial charge is 0.495 e. The van der Waals surface area contributed by atoms with E-state index in [0.717, 1.165) is 16.7 Å². The van der Waals surface area contributed by atoms with Gasteiger partial charge in [0, 0.05) is 11.8 Å². The second kappa shape index (κ2) is 5.80. The number of benzene rings is 1. The first-order valence-corrected chi connectivity index (χ1v) is 6.08. The van der Waals surface area contributed by atoms with Crippen LogP contribution in [0.4, 0.5) is 4.39 Å². The number of hydrogen-bond acceptors (Lipinski definition) is 3. The van der Waals surface area contributed by atoms with Gasteiger partial charge in [-0.25, -0.2) is 4.39 Å². The van der Waals surface area contributed by atoms with Crippen molar-refractivity contribution in [2.24, 2.45) is 0 Å². The molecule has 1 N–H and O–H groups in total. The van der Waals surface area contributed by atoms with Crippen molar-refractivity contribution in [2.45, 2.75) is 13.0 Å². The minimum absolute atomic E-state index is 0.131. The topological polar surface area (TPSA) is 34.2 Å². The van der Waals surface area contributed by atoms with Crippen LogP contribution in [0, 0.1) is 12.7 Å². The summed E-state index contributed by atoms with van der Waals surface area (Å²) in [6.45, 7) is 1.97. The molecule has 0 saturated heterocycles. The van der Waals surface area contributed by atoms with E-state index in [0.29, 0.717) is 5.75 Å². The van der Waals surface area contributed by atoms with Gasteiger partial charge in [0.1, 0.15) is 11.6 Å². The Morgan fingerprint density at radius 3 is 2.74 bits per heavy atom. The van der Waals surface area contributed by atoms with Crippen LogP contribution in [0.5, 0.6) is 5.75 Å². The van der Waals surface area contributed by atoms with Gasteiger partial charge in [0.2, 0.25) is 0 Å². The van der Waals surface area contributed by atoms with Gasteiger partial charge in [-0.1, -0.05) is 6.07 Å². The summed E-state index contributed by atoms with van der Waals surface area (Å²) in [5, 5.41) is 3.20. The quantitative estimate of drug-likeness (QED) is 0.918. The smallest absolute Gasteiger partial charge is 0.142 e. The van der Waals surface area contributed by atoms with Crippen LogP contribution in [-0.4, -0.2) is 19.1 Å². The third kappa shape index (κ3) is 2.74. The Morgan fingerprint density at radius 1 is 1.26 bits per heavy atom. The number of hydrogen-bond donors (Lipinski definition) is 1. The lowest BCUT2D eigenvalue weighted by atomic mass is 9.95. The zero-order valence-corrected chi connectivity index (χ0v) is 11.3. The molecule has 1 aromatic heterocycles. The highest BCUT2D eigenvalue weighted by atomic mass is 19.1. The van der Waals surface area contributed by atoms with E-state index in [1.54, 1.807) is 31.6 Å². The molecule has 1 aromatic carbocycles. The van der Waals surface area contributed by atoms with Crippen LogP contribution in [0.3, 0.4) is 0 Å². The zero-order valence-electron chi connectivity index (χ0n) is 11.3. The predicted octanol–water partition coefficient (Wildman–Crippen LogP) is 2.85. The highest BCUT2D eigenvalue weighted by molar-refractivity contribution is 5.42. The molecule has 0 aliphatic rings. The first-order valence-electron chi connectivity index (χ1n) is 6.08. The zero-order chi connectivity index (χ0) is 13.8. The number of ether oxygens (including phenoxy) is 1. The van der Waals surface area contributed by atoms with Crippen LogP contribution >= 0.6 is 0 Å². The Kier molecular flexibility index (Phi) is 4.12. The second-order valence-electron chi connectivity index (χ2n) is 4.34. The minimum Gasteiger partial charge on any atom is -0.495 e. The van der Waals surface area contributed by atoms with E-state index in [9.17, 15) is 4.39 Å². The van der Waals surface area contributed by atoms with E-state index in [1.807, 2.05) is 20.0 Å². The van der Waals surface area contributed by atoms with Gasteiger partial charge in [0.15, 0.2) is 0 Å². The Hall–Kier alpha value is -1.94. The molecule has 0 spiro atoms. The lowest BCUT2D eigenvalue weighted by Gasteiger charge is -2.21. The summed E-state index contributed by atoms with van der Waals surface area (Å²) in [7, 11) is 3.44. The molecule has 1 unspecified atom stereocenters. The molecule has 19 heavy (non-hydrogen) atoms. The monoisotopic (exact) mass is 260 g/mol. The summed E-state index contributed by atoms with van der Waals surface area (Å²) >= 11 is 0. The van der Waals surface area contributed by atoms with Crippen molar-refractivity contribution in [1.29, 1.82) is 0 Å². The van der Waals surface area contributed by atoms with Gasteiger partial charge in [-0.2, -0.15) is 0 Å². The average molecular weight is 260 g/mol. The predicted molar refractivity (Wildman–Crippen MR) is 72.8 cm³/mol. The molecule has 0 bridgehead atoms. The maximum atomic E-state index is 13.5. The SMILES string of the molecule is CNC(c1cc(F)ccc1C)c1ccncc1OC. The molecule has 100 valence electrons. The molecule has 1 atom stereocenters.